The Morgan fingerprint density at radius 2 is 2.32 bits per heavy atom. The van der Waals surface area contributed by atoms with Crippen LogP contribution in [0.4, 0.5) is 0 Å². The van der Waals surface area contributed by atoms with Gasteiger partial charge < -0.3 is 4.90 Å². The standard InChI is InChI=1S/C17H23N7O/c1-3-23-14(6-7-19-23)16(25)22-8-4-5-13(10-22)15-9-12(2)21-17-18-11-20-24(15)17/h6-7,9,13,20H,3-5,8,10-11H2,1-2H3. The molecular formula is C17H23N7O. The molecule has 1 unspecified atom stereocenters. The number of carbonyl (C=O) groups is 1. The first-order valence-electron chi connectivity index (χ1n) is 8.83. The maximum Gasteiger partial charge on any atom is 0.272 e. The Kier molecular flexibility index (Phi) is 4.12. The number of aryl methyl sites for hydroxylation is 1. The van der Waals surface area contributed by atoms with Crippen molar-refractivity contribution in [1.29, 1.82) is 0 Å². The SMILES string of the molecule is CCn1nccc1C(=O)N1CCCC(C2=CC(C)=NC3=NCNN23)C1. The molecule has 0 bridgehead atoms. The van der Waals surface area contributed by atoms with Crippen LogP contribution >= 0.6 is 0 Å². The first kappa shape index (κ1) is 16.0. The van der Waals surface area contributed by atoms with Crippen molar-refractivity contribution in [2.24, 2.45) is 15.9 Å². The van der Waals surface area contributed by atoms with Crippen molar-refractivity contribution < 1.29 is 4.79 Å². The normalized spacial score (nSPS) is 23.1. The lowest BCUT2D eigenvalue weighted by molar-refractivity contribution is 0.0666. The summed E-state index contributed by atoms with van der Waals surface area (Å²) < 4.78 is 1.76. The van der Waals surface area contributed by atoms with Crippen LogP contribution in [-0.4, -0.2) is 57.0 Å². The van der Waals surface area contributed by atoms with Crippen LogP contribution < -0.4 is 5.43 Å². The second-order valence-corrected chi connectivity index (χ2v) is 6.55. The first-order chi connectivity index (χ1) is 12.2. The van der Waals surface area contributed by atoms with Crippen LogP contribution in [0, 0.1) is 5.92 Å². The number of allylic oxidation sites excluding steroid dienone is 1. The van der Waals surface area contributed by atoms with E-state index in [1.807, 2.05) is 23.8 Å². The molecule has 0 aliphatic carbocycles. The average molecular weight is 341 g/mol. The molecule has 0 saturated carbocycles. The van der Waals surface area contributed by atoms with Crippen LogP contribution in [0.25, 0.3) is 0 Å². The number of fused-ring (bicyclic) bond motifs is 1. The number of nitrogens with zero attached hydrogens (tertiary/aromatic N) is 6. The monoisotopic (exact) mass is 341 g/mol. The zero-order valence-electron chi connectivity index (χ0n) is 14.6. The Morgan fingerprint density at radius 1 is 1.44 bits per heavy atom. The third-order valence-corrected chi connectivity index (χ3v) is 4.90. The zero-order valence-corrected chi connectivity index (χ0v) is 14.6. The van der Waals surface area contributed by atoms with Crippen molar-refractivity contribution in [2.45, 2.75) is 33.2 Å². The second kappa shape index (κ2) is 6.44. The molecule has 1 saturated heterocycles. The second-order valence-electron chi connectivity index (χ2n) is 6.55. The van der Waals surface area contributed by atoms with E-state index in [0.29, 0.717) is 25.5 Å². The fourth-order valence-electron chi connectivity index (χ4n) is 3.71. The van der Waals surface area contributed by atoms with Crippen molar-refractivity contribution >= 4 is 17.6 Å². The van der Waals surface area contributed by atoms with E-state index in [1.165, 1.54) is 0 Å². The highest BCUT2D eigenvalue weighted by Crippen LogP contribution is 2.29. The molecule has 4 rings (SSSR count). The van der Waals surface area contributed by atoms with E-state index in [2.05, 4.69) is 26.6 Å². The quantitative estimate of drug-likeness (QED) is 0.897. The van der Waals surface area contributed by atoms with Gasteiger partial charge in [-0.25, -0.2) is 20.4 Å². The number of hydrogen-bond acceptors (Lipinski definition) is 6. The first-order valence-corrected chi connectivity index (χ1v) is 8.83. The molecule has 0 spiro atoms. The average Bonchev–Trinajstić information content (AvgIpc) is 3.29. The molecule has 1 atom stereocenters. The van der Waals surface area contributed by atoms with Crippen LogP contribution in [0.15, 0.2) is 34.0 Å². The Labute approximate surface area is 146 Å². The number of amides is 1. The van der Waals surface area contributed by atoms with Crippen LogP contribution in [0.3, 0.4) is 0 Å². The maximum atomic E-state index is 12.9. The van der Waals surface area contributed by atoms with E-state index in [1.54, 1.807) is 16.9 Å². The van der Waals surface area contributed by atoms with Crippen LogP contribution in [0.5, 0.6) is 0 Å². The van der Waals surface area contributed by atoms with Crippen LogP contribution in [0.1, 0.15) is 37.2 Å². The topological polar surface area (TPSA) is 78.1 Å². The maximum absolute atomic E-state index is 12.9. The largest absolute Gasteiger partial charge is 0.337 e. The van der Waals surface area contributed by atoms with Gasteiger partial charge in [0.25, 0.3) is 5.91 Å². The molecule has 1 amide bonds. The lowest BCUT2D eigenvalue weighted by Gasteiger charge is -2.37. The van der Waals surface area contributed by atoms with Crippen molar-refractivity contribution in [3.63, 3.8) is 0 Å². The number of aliphatic imine (C=N–C) groups is 2. The Balaban J connectivity index is 1.54. The molecule has 1 N–H and O–H groups in total. The molecule has 25 heavy (non-hydrogen) atoms. The van der Waals surface area contributed by atoms with Gasteiger partial charge in [0.05, 0.1) is 0 Å². The van der Waals surface area contributed by atoms with Crippen molar-refractivity contribution in [1.82, 2.24) is 25.1 Å². The number of hydrazine groups is 1. The molecule has 8 heteroatoms. The van der Waals surface area contributed by atoms with Gasteiger partial charge in [0, 0.05) is 43.2 Å². The van der Waals surface area contributed by atoms with E-state index >= 15 is 0 Å². The highest BCUT2D eigenvalue weighted by atomic mass is 16.2. The minimum absolute atomic E-state index is 0.0640. The van der Waals surface area contributed by atoms with Gasteiger partial charge >= 0.3 is 0 Å². The van der Waals surface area contributed by atoms with Crippen molar-refractivity contribution in [3.05, 3.63) is 29.7 Å². The van der Waals surface area contributed by atoms with Crippen molar-refractivity contribution in [2.75, 3.05) is 19.8 Å². The highest BCUT2D eigenvalue weighted by molar-refractivity contribution is 6.05. The number of piperidine rings is 1. The van der Waals surface area contributed by atoms with Gasteiger partial charge in [-0.3, -0.25) is 9.48 Å². The van der Waals surface area contributed by atoms with E-state index < -0.39 is 0 Å². The molecule has 1 aromatic heterocycles. The summed E-state index contributed by atoms with van der Waals surface area (Å²) in [4.78, 5) is 23.7. The van der Waals surface area contributed by atoms with Gasteiger partial charge in [0.2, 0.25) is 5.96 Å². The van der Waals surface area contributed by atoms with E-state index in [0.717, 1.165) is 36.8 Å². The van der Waals surface area contributed by atoms with E-state index in [-0.39, 0.29) is 11.8 Å². The highest BCUT2D eigenvalue weighted by Gasteiger charge is 2.34. The van der Waals surface area contributed by atoms with Gasteiger partial charge in [-0.15, -0.1) is 0 Å². The fraction of sp³-hybridized carbons (Fsp3) is 0.529. The predicted molar refractivity (Wildman–Crippen MR) is 95.0 cm³/mol. The van der Waals surface area contributed by atoms with Gasteiger partial charge in [0.1, 0.15) is 12.4 Å². The number of carbonyl (C=O) groups excluding carboxylic acids is 1. The van der Waals surface area contributed by atoms with E-state index in [9.17, 15) is 4.79 Å². The molecule has 4 heterocycles. The van der Waals surface area contributed by atoms with Crippen molar-refractivity contribution in [3.8, 4) is 0 Å². The molecule has 0 radical (unpaired) electrons. The third-order valence-electron chi connectivity index (χ3n) is 4.90. The van der Waals surface area contributed by atoms with Crippen LogP contribution in [-0.2, 0) is 6.54 Å². The summed E-state index contributed by atoms with van der Waals surface area (Å²) in [6.07, 6.45) is 5.84. The molecule has 1 fully saturated rings. The minimum atomic E-state index is 0.0640. The molecular weight excluding hydrogens is 318 g/mol. The Bertz CT molecular complexity index is 776. The minimum Gasteiger partial charge on any atom is -0.337 e. The lowest BCUT2D eigenvalue weighted by atomic mass is 9.92. The predicted octanol–water partition coefficient (Wildman–Crippen LogP) is 1.25. The zero-order chi connectivity index (χ0) is 17.4. The van der Waals surface area contributed by atoms with Crippen LogP contribution in [0.2, 0.25) is 0 Å². The molecule has 8 nitrogen and oxygen atoms in total. The molecule has 1 aromatic rings. The molecule has 0 aromatic carbocycles. The summed E-state index contributed by atoms with van der Waals surface area (Å²) in [7, 11) is 0. The lowest BCUT2D eigenvalue weighted by Crippen LogP contribution is -2.47. The van der Waals surface area contributed by atoms with Gasteiger partial charge in [-0.05, 0) is 38.8 Å². The Morgan fingerprint density at radius 3 is 3.16 bits per heavy atom. The third kappa shape index (κ3) is 2.86. The fourth-order valence-corrected chi connectivity index (χ4v) is 3.71. The smallest absolute Gasteiger partial charge is 0.272 e. The summed E-state index contributed by atoms with van der Waals surface area (Å²) in [6, 6.07) is 1.80. The number of hydrogen-bond donors (Lipinski definition) is 1. The summed E-state index contributed by atoms with van der Waals surface area (Å²) in [5.41, 5.74) is 6.04. The van der Waals surface area contributed by atoms with E-state index in [4.69, 9.17) is 0 Å². The number of rotatable bonds is 3. The summed E-state index contributed by atoms with van der Waals surface area (Å²) in [5, 5.41) is 6.20. The summed E-state index contributed by atoms with van der Waals surface area (Å²) in [5.74, 6) is 1.06. The van der Waals surface area contributed by atoms with Gasteiger partial charge in [-0.2, -0.15) is 5.10 Å². The number of likely N-dealkylation sites (tertiary alicyclic amines) is 1. The molecule has 132 valence electrons. The number of guanidine groups is 1. The molecule has 3 aliphatic rings. The number of aromatic nitrogens is 2. The molecule has 3 aliphatic heterocycles. The summed E-state index contributed by atoms with van der Waals surface area (Å²) in [6.45, 7) is 6.73. The Hall–Kier alpha value is -2.48. The van der Waals surface area contributed by atoms with Gasteiger partial charge in [0.15, 0.2) is 0 Å². The van der Waals surface area contributed by atoms with Gasteiger partial charge in [-0.1, -0.05) is 0 Å². The summed E-state index contributed by atoms with van der Waals surface area (Å²) >= 11 is 0. The number of nitrogens with one attached hydrogen (secondary N) is 1.